The van der Waals surface area contributed by atoms with Crippen molar-refractivity contribution in [2.75, 3.05) is 13.1 Å². The Morgan fingerprint density at radius 3 is 2.44 bits per heavy atom. The van der Waals surface area contributed by atoms with Crippen LogP contribution in [-0.4, -0.2) is 33.7 Å². The second-order valence-electron chi connectivity index (χ2n) is 7.01. The van der Waals surface area contributed by atoms with E-state index in [2.05, 4.69) is 11.3 Å². The summed E-state index contributed by atoms with van der Waals surface area (Å²) in [6, 6.07) is 16.2. The number of hydrogen-bond donors (Lipinski definition) is 0. The maximum absolute atomic E-state index is 13.0. The highest BCUT2D eigenvalue weighted by Crippen LogP contribution is 2.28. The van der Waals surface area contributed by atoms with E-state index in [1.54, 1.807) is 12.1 Å². The van der Waals surface area contributed by atoms with E-state index in [1.807, 2.05) is 46.1 Å². The first kappa shape index (κ1) is 17.5. The van der Waals surface area contributed by atoms with Gasteiger partial charge in [0.15, 0.2) is 0 Å². The Hall–Kier alpha value is -2.95. The Labute approximate surface area is 158 Å². The summed E-state index contributed by atoms with van der Waals surface area (Å²) in [5, 5.41) is 4.48. The van der Waals surface area contributed by atoms with Crippen molar-refractivity contribution < 1.29 is 9.18 Å². The highest BCUT2D eigenvalue weighted by atomic mass is 19.1. The minimum atomic E-state index is -0.275. The molecule has 0 radical (unpaired) electrons. The number of carbonyl (C=O) groups is 1. The molecule has 2 aromatic carbocycles. The second kappa shape index (κ2) is 7.74. The lowest BCUT2D eigenvalue weighted by molar-refractivity contribution is -0.131. The lowest BCUT2D eigenvalue weighted by Crippen LogP contribution is -2.38. The summed E-state index contributed by atoms with van der Waals surface area (Å²) in [5.41, 5.74) is 3.13. The van der Waals surface area contributed by atoms with Crippen LogP contribution in [-0.2, 0) is 11.2 Å². The third kappa shape index (κ3) is 4.08. The van der Waals surface area contributed by atoms with E-state index in [4.69, 9.17) is 0 Å². The topological polar surface area (TPSA) is 38.1 Å². The number of amides is 1. The highest BCUT2D eigenvalue weighted by Gasteiger charge is 2.24. The van der Waals surface area contributed by atoms with Gasteiger partial charge >= 0.3 is 0 Å². The molecular formula is C22H22FN3O. The van der Waals surface area contributed by atoms with Crippen molar-refractivity contribution in [3.63, 3.8) is 0 Å². The van der Waals surface area contributed by atoms with Crippen LogP contribution in [0.1, 0.15) is 29.9 Å². The standard InChI is InChI=1S/C22H22FN3O/c23-20-8-6-17(7-9-20)14-22(27)25-12-10-18(11-13-25)19-15-24-26(16-19)21-4-2-1-3-5-21/h1-9,15-16,18H,10-14H2. The number of hydrogen-bond acceptors (Lipinski definition) is 2. The molecule has 2 heterocycles. The summed E-state index contributed by atoms with van der Waals surface area (Å²) < 4.78 is 14.9. The number of piperidine rings is 1. The Kier molecular flexibility index (Phi) is 5.01. The van der Waals surface area contributed by atoms with Gasteiger partial charge in [-0.15, -0.1) is 0 Å². The molecule has 3 aromatic rings. The molecule has 0 spiro atoms. The summed E-state index contributed by atoms with van der Waals surface area (Å²) in [7, 11) is 0. The first-order chi connectivity index (χ1) is 13.2. The second-order valence-corrected chi connectivity index (χ2v) is 7.01. The van der Waals surface area contributed by atoms with Crippen LogP contribution in [0.5, 0.6) is 0 Å². The molecule has 1 saturated heterocycles. The number of nitrogens with zero attached hydrogens (tertiary/aromatic N) is 3. The molecule has 138 valence electrons. The van der Waals surface area contributed by atoms with Crippen LogP contribution in [0.15, 0.2) is 67.0 Å². The number of carbonyl (C=O) groups excluding carboxylic acids is 1. The quantitative estimate of drug-likeness (QED) is 0.704. The fraction of sp³-hybridized carbons (Fsp3) is 0.273. The number of halogens is 1. The van der Waals surface area contributed by atoms with Crippen LogP contribution in [0, 0.1) is 5.82 Å². The van der Waals surface area contributed by atoms with Gasteiger partial charge in [0.1, 0.15) is 5.82 Å². The molecule has 0 aliphatic carbocycles. The molecule has 4 nitrogen and oxygen atoms in total. The minimum Gasteiger partial charge on any atom is -0.342 e. The van der Waals surface area contributed by atoms with Gasteiger partial charge in [-0.2, -0.15) is 5.10 Å². The van der Waals surface area contributed by atoms with Crippen LogP contribution < -0.4 is 0 Å². The van der Waals surface area contributed by atoms with Crippen LogP contribution >= 0.6 is 0 Å². The van der Waals surface area contributed by atoms with E-state index >= 15 is 0 Å². The van der Waals surface area contributed by atoms with Crippen molar-refractivity contribution in [1.82, 2.24) is 14.7 Å². The van der Waals surface area contributed by atoms with E-state index < -0.39 is 0 Å². The van der Waals surface area contributed by atoms with Crippen LogP contribution in [0.25, 0.3) is 5.69 Å². The van der Waals surface area contributed by atoms with Crippen molar-refractivity contribution in [3.05, 3.63) is 83.9 Å². The summed E-state index contributed by atoms with van der Waals surface area (Å²) in [4.78, 5) is 14.4. The van der Waals surface area contributed by atoms with Gasteiger partial charge in [-0.25, -0.2) is 9.07 Å². The lowest BCUT2D eigenvalue weighted by Gasteiger charge is -2.31. The number of likely N-dealkylation sites (tertiary alicyclic amines) is 1. The molecule has 5 heteroatoms. The predicted molar refractivity (Wildman–Crippen MR) is 102 cm³/mol. The molecule has 0 bridgehead atoms. The average molecular weight is 363 g/mol. The Bertz CT molecular complexity index is 897. The van der Waals surface area contributed by atoms with Gasteiger partial charge in [0, 0.05) is 19.3 Å². The monoisotopic (exact) mass is 363 g/mol. The molecule has 0 N–H and O–H groups in total. The summed E-state index contributed by atoms with van der Waals surface area (Å²) >= 11 is 0. The fourth-order valence-electron chi connectivity index (χ4n) is 3.62. The first-order valence-corrected chi connectivity index (χ1v) is 9.31. The highest BCUT2D eigenvalue weighted by molar-refractivity contribution is 5.78. The van der Waals surface area contributed by atoms with E-state index in [1.165, 1.54) is 17.7 Å². The zero-order valence-corrected chi connectivity index (χ0v) is 15.1. The van der Waals surface area contributed by atoms with Crippen molar-refractivity contribution in [2.45, 2.75) is 25.2 Å². The number of benzene rings is 2. The average Bonchev–Trinajstić information content (AvgIpc) is 3.21. The lowest BCUT2D eigenvalue weighted by atomic mass is 9.91. The molecule has 27 heavy (non-hydrogen) atoms. The first-order valence-electron chi connectivity index (χ1n) is 9.31. The molecule has 1 aliphatic rings. The van der Waals surface area contributed by atoms with Crippen molar-refractivity contribution in [1.29, 1.82) is 0 Å². The van der Waals surface area contributed by atoms with Gasteiger partial charge < -0.3 is 4.90 Å². The SMILES string of the molecule is O=C(Cc1ccc(F)cc1)N1CCC(c2cnn(-c3ccccc3)c2)CC1. The summed E-state index contributed by atoms with van der Waals surface area (Å²) in [6.45, 7) is 1.50. The van der Waals surface area contributed by atoms with Gasteiger partial charge in [0.25, 0.3) is 0 Å². The summed E-state index contributed by atoms with van der Waals surface area (Å²) in [6.07, 6.45) is 6.24. The van der Waals surface area contributed by atoms with Gasteiger partial charge in [-0.1, -0.05) is 30.3 Å². The van der Waals surface area contributed by atoms with E-state index in [0.717, 1.165) is 37.2 Å². The molecule has 0 unspecified atom stereocenters. The Morgan fingerprint density at radius 2 is 1.74 bits per heavy atom. The van der Waals surface area contributed by atoms with E-state index in [9.17, 15) is 9.18 Å². The fourth-order valence-corrected chi connectivity index (χ4v) is 3.62. The van der Waals surface area contributed by atoms with Crippen LogP contribution in [0.3, 0.4) is 0 Å². The van der Waals surface area contributed by atoms with Crippen molar-refractivity contribution in [2.24, 2.45) is 0 Å². The Balaban J connectivity index is 1.34. The number of rotatable bonds is 4. The van der Waals surface area contributed by atoms with E-state index in [0.29, 0.717) is 12.3 Å². The number of para-hydroxylation sites is 1. The van der Waals surface area contributed by atoms with Gasteiger partial charge in [-0.3, -0.25) is 4.79 Å². The number of aromatic nitrogens is 2. The third-order valence-electron chi connectivity index (χ3n) is 5.21. The molecule has 1 aliphatic heterocycles. The van der Waals surface area contributed by atoms with Crippen molar-refractivity contribution in [3.8, 4) is 5.69 Å². The van der Waals surface area contributed by atoms with Crippen molar-refractivity contribution >= 4 is 5.91 Å². The van der Waals surface area contributed by atoms with Gasteiger partial charge in [0.2, 0.25) is 5.91 Å². The maximum atomic E-state index is 13.0. The molecule has 1 amide bonds. The van der Waals surface area contributed by atoms with Gasteiger partial charge in [-0.05, 0) is 54.2 Å². The molecular weight excluding hydrogens is 341 g/mol. The molecule has 1 aromatic heterocycles. The molecule has 0 saturated carbocycles. The largest absolute Gasteiger partial charge is 0.342 e. The van der Waals surface area contributed by atoms with Crippen LogP contribution in [0.2, 0.25) is 0 Å². The molecule has 0 atom stereocenters. The predicted octanol–water partition coefficient (Wildman–Crippen LogP) is 3.96. The third-order valence-corrected chi connectivity index (χ3v) is 5.21. The Morgan fingerprint density at radius 1 is 1.04 bits per heavy atom. The maximum Gasteiger partial charge on any atom is 0.226 e. The van der Waals surface area contributed by atoms with E-state index in [-0.39, 0.29) is 11.7 Å². The zero-order valence-electron chi connectivity index (χ0n) is 15.1. The smallest absolute Gasteiger partial charge is 0.226 e. The summed E-state index contributed by atoms with van der Waals surface area (Å²) in [5.74, 6) is 0.264. The van der Waals surface area contributed by atoms with Gasteiger partial charge in [0.05, 0.1) is 18.3 Å². The van der Waals surface area contributed by atoms with Crippen LogP contribution in [0.4, 0.5) is 4.39 Å². The molecule has 1 fully saturated rings. The minimum absolute atomic E-state index is 0.111. The zero-order chi connectivity index (χ0) is 18.6. The molecule has 4 rings (SSSR count). The normalized spacial score (nSPS) is 15.1.